The molecule has 0 N–H and O–H groups in total. The van der Waals surface area contributed by atoms with Gasteiger partial charge in [0.25, 0.3) is 0 Å². The van der Waals surface area contributed by atoms with E-state index in [1.807, 2.05) is 25.2 Å². The first kappa shape index (κ1) is 10.5. The first-order valence-electron chi connectivity index (χ1n) is 6.21. The number of hydrogen-bond acceptors (Lipinski definition) is 2. The molecule has 1 fully saturated rings. The minimum atomic E-state index is 0.0150. The highest BCUT2D eigenvalue weighted by molar-refractivity contribution is 5.87. The van der Waals surface area contributed by atoms with Gasteiger partial charge in [-0.1, -0.05) is 18.6 Å². The fraction of sp³-hybridized carbons (Fsp3) is 0.429. The van der Waals surface area contributed by atoms with Gasteiger partial charge in [0.2, 0.25) is 0 Å². The highest BCUT2D eigenvalue weighted by atomic mass is 16.1. The van der Waals surface area contributed by atoms with Crippen LogP contribution in [-0.2, 0) is 11.8 Å². The van der Waals surface area contributed by atoms with Crippen LogP contribution in [0.25, 0.3) is 11.0 Å². The monoisotopic (exact) mass is 228 g/mol. The Bertz CT molecular complexity index is 571. The Kier molecular flexibility index (Phi) is 2.46. The molecule has 0 saturated heterocycles. The number of Topliss-reactive ketones (excluding diaryl/α,β-unsaturated/α-hetero) is 1. The number of aryl methyl sites for hydroxylation is 1. The summed E-state index contributed by atoms with van der Waals surface area (Å²) >= 11 is 0. The molecule has 1 aliphatic rings. The molecule has 17 heavy (non-hydrogen) atoms. The maximum Gasteiger partial charge on any atom is 0.143 e. The minimum absolute atomic E-state index is 0.0150. The molecule has 1 aliphatic carbocycles. The highest BCUT2D eigenvalue weighted by Gasteiger charge is 2.27. The Morgan fingerprint density at radius 1 is 1.29 bits per heavy atom. The summed E-state index contributed by atoms with van der Waals surface area (Å²) in [6.45, 7) is 0. The summed E-state index contributed by atoms with van der Waals surface area (Å²) in [7, 11) is 2.01. The van der Waals surface area contributed by atoms with Gasteiger partial charge >= 0.3 is 0 Å². The van der Waals surface area contributed by atoms with Crippen LogP contribution in [0.2, 0.25) is 0 Å². The molecule has 0 bridgehead atoms. The van der Waals surface area contributed by atoms with Crippen LogP contribution in [0, 0.1) is 0 Å². The molecule has 1 heterocycles. The molecular weight excluding hydrogens is 212 g/mol. The number of carbonyl (C=O) groups is 1. The summed E-state index contributed by atoms with van der Waals surface area (Å²) in [5, 5.41) is 0. The lowest BCUT2D eigenvalue weighted by atomic mass is 9.87. The third-order valence-electron chi connectivity index (χ3n) is 3.69. The van der Waals surface area contributed by atoms with Gasteiger partial charge in [-0.2, -0.15) is 0 Å². The number of imidazole rings is 1. The van der Waals surface area contributed by atoms with Gasteiger partial charge in [-0.3, -0.25) is 4.79 Å². The maximum absolute atomic E-state index is 12.0. The number of para-hydroxylation sites is 2. The lowest BCUT2D eigenvalue weighted by Gasteiger charge is -2.19. The van der Waals surface area contributed by atoms with E-state index in [1.165, 1.54) is 0 Å². The van der Waals surface area contributed by atoms with Crippen LogP contribution in [0.15, 0.2) is 24.3 Å². The summed E-state index contributed by atoms with van der Waals surface area (Å²) in [5.74, 6) is 1.31. The summed E-state index contributed by atoms with van der Waals surface area (Å²) in [5.41, 5.74) is 2.10. The van der Waals surface area contributed by atoms with Crippen LogP contribution in [0.1, 0.15) is 37.4 Å². The molecule has 0 spiro atoms. The van der Waals surface area contributed by atoms with E-state index in [9.17, 15) is 4.79 Å². The average molecular weight is 228 g/mol. The van der Waals surface area contributed by atoms with Crippen molar-refractivity contribution in [3.63, 3.8) is 0 Å². The lowest BCUT2D eigenvalue weighted by molar-refractivity contribution is -0.122. The smallest absolute Gasteiger partial charge is 0.143 e. The molecule has 1 aromatic heterocycles. The van der Waals surface area contributed by atoms with Crippen molar-refractivity contribution in [2.24, 2.45) is 7.05 Å². The molecule has 1 atom stereocenters. The predicted molar refractivity (Wildman–Crippen MR) is 66.9 cm³/mol. The van der Waals surface area contributed by atoms with Crippen LogP contribution in [0.5, 0.6) is 0 Å². The van der Waals surface area contributed by atoms with E-state index in [0.29, 0.717) is 12.2 Å². The quantitative estimate of drug-likeness (QED) is 0.752. The van der Waals surface area contributed by atoms with Crippen molar-refractivity contribution in [3.8, 4) is 0 Å². The van der Waals surface area contributed by atoms with Gasteiger partial charge in [0.15, 0.2) is 0 Å². The van der Waals surface area contributed by atoms with E-state index in [-0.39, 0.29) is 5.92 Å². The van der Waals surface area contributed by atoms with E-state index in [1.54, 1.807) is 0 Å². The van der Waals surface area contributed by atoms with Crippen LogP contribution in [-0.4, -0.2) is 15.3 Å². The van der Waals surface area contributed by atoms with E-state index in [2.05, 4.69) is 15.6 Å². The van der Waals surface area contributed by atoms with Crippen LogP contribution < -0.4 is 0 Å². The number of carbonyl (C=O) groups excluding carboxylic acids is 1. The minimum Gasteiger partial charge on any atom is -0.331 e. The summed E-state index contributed by atoms with van der Waals surface area (Å²) < 4.78 is 2.07. The van der Waals surface area contributed by atoms with Crippen molar-refractivity contribution in [2.45, 2.75) is 31.6 Å². The van der Waals surface area contributed by atoms with Gasteiger partial charge in [0.1, 0.15) is 11.6 Å². The van der Waals surface area contributed by atoms with Crippen molar-refractivity contribution < 1.29 is 4.79 Å². The zero-order chi connectivity index (χ0) is 11.8. The van der Waals surface area contributed by atoms with Crippen LogP contribution in [0.3, 0.4) is 0 Å². The zero-order valence-electron chi connectivity index (χ0n) is 10.0. The molecule has 1 unspecified atom stereocenters. The SMILES string of the molecule is Cn1c(C2CCCCC2=O)nc2ccccc21. The van der Waals surface area contributed by atoms with Gasteiger partial charge in [0.05, 0.1) is 17.0 Å². The molecule has 2 aromatic rings. The lowest BCUT2D eigenvalue weighted by Crippen LogP contribution is -2.20. The standard InChI is InChI=1S/C14H16N2O/c1-16-12-8-4-3-7-11(12)15-14(16)10-6-2-5-9-13(10)17/h3-4,7-8,10H,2,5-6,9H2,1H3. The summed E-state index contributed by atoms with van der Waals surface area (Å²) in [6, 6.07) is 8.06. The number of rotatable bonds is 1. The molecule has 1 saturated carbocycles. The second kappa shape index (κ2) is 3.99. The zero-order valence-corrected chi connectivity index (χ0v) is 10.0. The number of ketones is 1. The normalized spacial score (nSPS) is 21.0. The average Bonchev–Trinajstić information content (AvgIpc) is 2.68. The van der Waals surface area contributed by atoms with Crippen LogP contribution in [0.4, 0.5) is 0 Å². The van der Waals surface area contributed by atoms with Crippen molar-refractivity contribution in [1.29, 1.82) is 0 Å². The Labute approximate surface area is 100 Å². The van der Waals surface area contributed by atoms with E-state index >= 15 is 0 Å². The van der Waals surface area contributed by atoms with Crippen molar-refractivity contribution in [3.05, 3.63) is 30.1 Å². The maximum atomic E-state index is 12.0. The van der Waals surface area contributed by atoms with Crippen LogP contribution >= 0.6 is 0 Å². The number of hydrogen-bond donors (Lipinski definition) is 0. The molecule has 3 heteroatoms. The predicted octanol–water partition coefficient (Wildman–Crippen LogP) is 2.80. The molecule has 0 aliphatic heterocycles. The van der Waals surface area contributed by atoms with Crippen molar-refractivity contribution in [2.75, 3.05) is 0 Å². The van der Waals surface area contributed by atoms with Gasteiger partial charge in [-0.25, -0.2) is 4.98 Å². The topological polar surface area (TPSA) is 34.9 Å². The van der Waals surface area contributed by atoms with Gasteiger partial charge in [-0.05, 0) is 25.0 Å². The Hall–Kier alpha value is -1.64. The van der Waals surface area contributed by atoms with Crippen molar-refractivity contribution in [1.82, 2.24) is 9.55 Å². The molecule has 3 nitrogen and oxygen atoms in total. The molecule has 0 amide bonds. The second-order valence-electron chi connectivity index (χ2n) is 4.78. The van der Waals surface area contributed by atoms with E-state index in [4.69, 9.17) is 0 Å². The summed E-state index contributed by atoms with van der Waals surface area (Å²) in [6.07, 6.45) is 3.85. The Balaban J connectivity index is 2.10. The number of fused-ring (bicyclic) bond motifs is 1. The Morgan fingerprint density at radius 3 is 2.88 bits per heavy atom. The first-order chi connectivity index (χ1) is 8.27. The summed E-state index contributed by atoms with van der Waals surface area (Å²) in [4.78, 5) is 16.6. The number of nitrogens with zero attached hydrogens (tertiary/aromatic N) is 2. The molecule has 0 radical (unpaired) electrons. The molecule has 88 valence electrons. The van der Waals surface area contributed by atoms with Crippen molar-refractivity contribution >= 4 is 16.8 Å². The molecular formula is C14H16N2O. The fourth-order valence-electron chi connectivity index (χ4n) is 2.73. The number of aromatic nitrogens is 2. The number of benzene rings is 1. The highest BCUT2D eigenvalue weighted by Crippen LogP contribution is 2.30. The van der Waals surface area contributed by atoms with Gasteiger partial charge < -0.3 is 4.57 Å². The fourth-order valence-corrected chi connectivity index (χ4v) is 2.73. The Morgan fingerprint density at radius 2 is 2.12 bits per heavy atom. The first-order valence-corrected chi connectivity index (χ1v) is 6.21. The molecule has 1 aromatic carbocycles. The second-order valence-corrected chi connectivity index (χ2v) is 4.78. The third-order valence-corrected chi connectivity index (χ3v) is 3.69. The van der Waals surface area contributed by atoms with E-state index < -0.39 is 0 Å². The largest absolute Gasteiger partial charge is 0.331 e. The van der Waals surface area contributed by atoms with Gasteiger partial charge in [0, 0.05) is 13.5 Å². The van der Waals surface area contributed by atoms with Gasteiger partial charge in [-0.15, -0.1) is 0 Å². The molecule has 3 rings (SSSR count). The third kappa shape index (κ3) is 1.66. The van der Waals surface area contributed by atoms with E-state index in [0.717, 1.165) is 36.1 Å².